The minimum atomic E-state index is -4.43. The maximum atomic E-state index is 11.3. The Labute approximate surface area is 110 Å². The molecule has 0 aliphatic rings. The zero-order valence-corrected chi connectivity index (χ0v) is 11.3. The number of hydrogen-bond acceptors (Lipinski definition) is 3. The smallest absolute Gasteiger partial charge is 0.296 e. The van der Waals surface area contributed by atoms with Crippen LogP contribution < -0.4 is 17.2 Å². The molecule has 104 valence electrons. The number of guanidine groups is 2. The Morgan fingerprint density at radius 3 is 2.26 bits per heavy atom. The minimum absolute atomic E-state index is 0.00407. The van der Waals surface area contributed by atoms with Crippen molar-refractivity contribution >= 4 is 27.7 Å². The van der Waals surface area contributed by atoms with Crippen molar-refractivity contribution in [3.05, 3.63) is 23.3 Å². The summed E-state index contributed by atoms with van der Waals surface area (Å²) in [5, 5.41) is 0. The number of nitrogens with zero attached hydrogens (tertiary/aromatic N) is 2. The molecule has 8 nitrogen and oxygen atoms in total. The highest BCUT2D eigenvalue weighted by atomic mass is 32.2. The highest BCUT2D eigenvalue weighted by Crippen LogP contribution is 2.29. The van der Waals surface area contributed by atoms with Crippen molar-refractivity contribution in [3.63, 3.8) is 0 Å². The van der Waals surface area contributed by atoms with E-state index in [0.29, 0.717) is 11.1 Å². The Bertz CT molecular complexity index is 660. The Morgan fingerprint density at radius 1 is 1.21 bits per heavy atom. The molecule has 0 fully saturated rings. The van der Waals surface area contributed by atoms with Crippen molar-refractivity contribution < 1.29 is 13.0 Å². The number of rotatable bonds is 2. The highest BCUT2D eigenvalue weighted by molar-refractivity contribution is 7.86. The summed E-state index contributed by atoms with van der Waals surface area (Å²) in [6.07, 6.45) is 0. The van der Waals surface area contributed by atoms with E-state index in [1.807, 2.05) is 0 Å². The second kappa shape index (κ2) is 5.24. The van der Waals surface area contributed by atoms with Gasteiger partial charge >= 0.3 is 0 Å². The number of hydrogen-bond donors (Lipinski definition) is 4. The Kier molecular flexibility index (Phi) is 4.12. The molecule has 0 saturated carbocycles. The zero-order chi connectivity index (χ0) is 14.8. The van der Waals surface area contributed by atoms with Crippen LogP contribution in [0.5, 0.6) is 0 Å². The fourth-order valence-electron chi connectivity index (χ4n) is 1.53. The Balaban J connectivity index is 3.56. The summed E-state index contributed by atoms with van der Waals surface area (Å²) in [6, 6.07) is 2.97. The molecule has 9 heteroatoms. The maximum absolute atomic E-state index is 11.3. The third-order valence-corrected chi connectivity index (χ3v) is 3.02. The van der Waals surface area contributed by atoms with Gasteiger partial charge in [-0.15, -0.1) is 0 Å². The van der Waals surface area contributed by atoms with Crippen molar-refractivity contribution in [1.29, 1.82) is 0 Å². The number of benzene rings is 1. The molecule has 0 aliphatic heterocycles. The van der Waals surface area contributed by atoms with Gasteiger partial charge in [-0.2, -0.15) is 13.4 Å². The summed E-state index contributed by atoms with van der Waals surface area (Å²) in [4.78, 5) is 6.95. The highest BCUT2D eigenvalue weighted by Gasteiger charge is 2.18. The molecule has 7 N–H and O–H groups in total. The summed E-state index contributed by atoms with van der Waals surface area (Å²) in [5.74, 6) is -0.615. The van der Waals surface area contributed by atoms with Crippen LogP contribution in [0.3, 0.4) is 0 Å². The molecule has 0 spiro atoms. The fraction of sp³-hybridized carbons (Fsp3) is 0.200. The molecule has 1 aromatic carbocycles. The first-order valence-corrected chi connectivity index (χ1v) is 6.58. The largest absolute Gasteiger partial charge is 0.370 e. The lowest BCUT2D eigenvalue weighted by Crippen LogP contribution is -2.26. The molecule has 0 aliphatic carbocycles. The van der Waals surface area contributed by atoms with Crippen LogP contribution in [0, 0.1) is 13.8 Å². The second-order valence-electron chi connectivity index (χ2n) is 3.91. The maximum Gasteiger partial charge on any atom is 0.296 e. The van der Waals surface area contributed by atoms with Crippen LogP contribution in [0.1, 0.15) is 11.1 Å². The van der Waals surface area contributed by atoms with Gasteiger partial charge in [0.05, 0.1) is 5.69 Å². The lowest BCUT2D eigenvalue weighted by Gasteiger charge is -2.08. The van der Waals surface area contributed by atoms with Crippen molar-refractivity contribution in [2.75, 3.05) is 0 Å². The summed E-state index contributed by atoms with van der Waals surface area (Å²) >= 11 is 0. The van der Waals surface area contributed by atoms with Crippen LogP contribution in [0.2, 0.25) is 0 Å². The Morgan fingerprint density at radius 2 is 1.79 bits per heavy atom. The lowest BCUT2D eigenvalue weighted by atomic mass is 10.1. The molecular formula is C10H15N5O3S. The molecule has 0 atom stereocenters. The normalized spacial score (nSPS) is 12.3. The summed E-state index contributed by atoms with van der Waals surface area (Å²) in [6.45, 7) is 3.32. The fourth-order valence-corrected chi connectivity index (χ4v) is 2.32. The molecule has 0 unspecified atom stereocenters. The lowest BCUT2D eigenvalue weighted by molar-refractivity contribution is 0.483. The van der Waals surface area contributed by atoms with E-state index in [2.05, 4.69) is 9.98 Å². The molecular weight excluding hydrogens is 270 g/mol. The van der Waals surface area contributed by atoms with Gasteiger partial charge in [0.15, 0.2) is 5.96 Å². The number of nitrogens with two attached hydrogens (primary N) is 3. The van der Waals surface area contributed by atoms with Crippen molar-refractivity contribution in [2.45, 2.75) is 18.7 Å². The Hall–Kier alpha value is -2.13. The van der Waals surface area contributed by atoms with Crippen LogP contribution in [-0.2, 0) is 10.1 Å². The average Bonchev–Trinajstić information content (AvgIpc) is 2.18. The van der Waals surface area contributed by atoms with Crippen LogP contribution in [-0.4, -0.2) is 24.9 Å². The average molecular weight is 285 g/mol. The first kappa shape index (κ1) is 14.9. The topological polar surface area (TPSA) is 157 Å². The van der Waals surface area contributed by atoms with Gasteiger partial charge in [0.25, 0.3) is 10.1 Å². The first-order valence-electron chi connectivity index (χ1n) is 5.14. The van der Waals surface area contributed by atoms with Crippen LogP contribution in [0.15, 0.2) is 27.0 Å². The van der Waals surface area contributed by atoms with E-state index in [0.717, 1.165) is 0 Å². The predicted molar refractivity (Wildman–Crippen MR) is 72.8 cm³/mol. The van der Waals surface area contributed by atoms with Crippen molar-refractivity contribution in [3.8, 4) is 0 Å². The SMILES string of the molecule is Cc1cc(C)c(N=C(N)N=C(N)N)c(S(=O)(=O)O)c1. The quantitative estimate of drug-likeness (QED) is 0.334. The van der Waals surface area contributed by atoms with E-state index in [1.165, 1.54) is 6.07 Å². The van der Waals surface area contributed by atoms with Gasteiger partial charge in [-0.25, -0.2) is 4.99 Å². The molecule has 19 heavy (non-hydrogen) atoms. The van der Waals surface area contributed by atoms with Crippen LogP contribution >= 0.6 is 0 Å². The molecule has 0 amide bonds. The van der Waals surface area contributed by atoms with Crippen LogP contribution in [0.25, 0.3) is 0 Å². The van der Waals surface area contributed by atoms with Gasteiger partial charge < -0.3 is 17.2 Å². The molecule has 0 aromatic heterocycles. The number of aliphatic imine (C=N–C) groups is 2. The van der Waals surface area contributed by atoms with Gasteiger partial charge in [0.2, 0.25) is 5.96 Å². The van der Waals surface area contributed by atoms with Crippen molar-refractivity contribution in [2.24, 2.45) is 27.2 Å². The second-order valence-corrected chi connectivity index (χ2v) is 5.30. The van der Waals surface area contributed by atoms with Gasteiger partial charge in [-0.3, -0.25) is 4.55 Å². The molecule has 1 aromatic rings. The molecule has 1 rings (SSSR count). The zero-order valence-electron chi connectivity index (χ0n) is 10.5. The number of aryl methyl sites for hydroxylation is 2. The van der Waals surface area contributed by atoms with Gasteiger partial charge in [-0.05, 0) is 31.0 Å². The van der Waals surface area contributed by atoms with E-state index in [9.17, 15) is 13.0 Å². The van der Waals surface area contributed by atoms with E-state index in [4.69, 9.17) is 17.2 Å². The molecule has 0 saturated heterocycles. The van der Waals surface area contributed by atoms with E-state index < -0.39 is 10.1 Å². The third kappa shape index (κ3) is 3.93. The summed E-state index contributed by atoms with van der Waals surface area (Å²) < 4.78 is 31.8. The van der Waals surface area contributed by atoms with Crippen LogP contribution in [0.4, 0.5) is 5.69 Å². The van der Waals surface area contributed by atoms with E-state index in [1.54, 1.807) is 19.9 Å². The third-order valence-electron chi connectivity index (χ3n) is 2.16. The van der Waals surface area contributed by atoms with Gasteiger partial charge in [0, 0.05) is 0 Å². The van der Waals surface area contributed by atoms with Crippen molar-refractivity contribution in [1.82, 2.24) is 0 Å². The standard InChI is InChI=1S/C10H15N5O3S/c1-5-3-6(2)8(7(4-5)19(16,17)18)14-10(13)15-9(11)12/h3-4H,1-2H3,(H,16,17,18)(H6,11,12,13,14,15). The minimum Gasteiger partial charge on any atom is -0.370 e. The predicted octanol–water partition coefficient (Wildman–Crippen LogP) is -0.230. The molecule has 0 bridgehead atoms. The van der Waals surface area contributed by atoms with Gasteiger partial charge in [-0.1, -0.05) is 6.07 Å². The molecule has 0 radical (unpaired) electrons. The monoisotopic (exact) mass is 285 g/mol. The van der Waals surface area contributed by atoms with Gasteiger partial charge in [0.1, 0.15) is 4.90 Å². The van der Waals surface area contributed by atoms with E-state index >= 15 is 0 Å². The summed E-state index contributed by atoms with van der Waals surface area (Å²) in [7, 11) is -4.43. The van der Waals surface area contributed by atoms with E-state index in [-0.39, 0.29) is 22.5 Å². The molecule has 0 heterocycles. The first-order chi connectivity index (χ1) is 8.61. The summed E-state index contributed by atoms with van der Waals surface area (Å²) in [5.41, 5.74) is 16.9.